The Morgan fingerprint density at radius 3 is 2.77 bits per heavy atom. The van der Waals surface area contributed by atoms with Crippen LogP contribution in [0.4, 0.5) is 10.7 Å². The summed E-state index contributed by atoms with van der Waals surface area (Å²) in [5, 5.41) is 3.41. The Labute approximate surface area is 135 Å². The molecule has 0 saturated heterocycles. The molecule has 0 bridgehead atoms. The average molecular weight is 358 g/mol. The van der Waals surface area contributed by atoms with E-state index in [9.17, 15) is 4.79 Å². The monoisotopic (exact) mass is 357 g/mol. The predicted octanol–water partition coefficient (Wildman–Crippen LogP) is 4.14. The Kier molecular flexibility index (Phi) is 4.29. The van der Waals surface area contributed by atoms with Crippen LogP contribution in [-0.2, 0) is 11.3 Å². The number of nitrogens with one attached hydrogen (secondary N) is 1. The third kappa shape index (κ3) is 3.40. The van der Waals surface area contributed by atoms with Crippen molar-refractivity contribution in [1.29, 1.82) is 0 Å². The van der Waals surface area contributed by atoms with Crippen molar-refractivity contribution in [2.75, 3.05) is 5.32 Å². The van der Waals surface area contributed by atoms with E-state index in [0.717, 1.165) is 20.9 Å². The van der Waals surface area contributed by atoms with Gasteiger partial charge >= 0.3 is 6.09 Å². The molecule has 1 amide bonds. The molecule has 2 aromatic carbocycles. The molecule has 0 spiro atoms. The van der Waals surface area contributed by atoms with Gasteiger partial charge in [-0.1, -0.05) is 52.3 Å². The van der Waals surface area contributed by atoms with Crippen LogP contribution in [0.3, 0.4) is 0 Å². The number of ether oxygens (including phenoxy) is 1. The minimum Gasteiger partial charge on any atom is -0.444 e. The van der Waals surface area contributed by atoms with Crippen LogP contribution in [-0.4, -0.2) is 16.1 Å². The Bertz CT molecular complexity index is 809. The van der Waals surface area contributed by atoms with Crippen LogP contribution in [0.25, 0.3) is 10.9 Å². The van der Waals surface area contributed by atoms with Crippen LogP contribution in [0, 0.1) is 0 Å². The highest BCUT2D eigenvalue weighted by Crippen LogP contribution is 2.22. The van der Waals surface area contributed by atoms with Crippen molar-refractivity contribution in [1.82, 2.24) is 9.97 Å². The number of hydrogen-bond acceptors (Lipinski definition) is 4. The lowest BCUT2D eigenvalue weighted by Crippen LogP contribution is -2.15. The summed E-state index contributed by atoms with van der Waals surface area (Å²) in [7, 11) is 0. The molecule has 0 radical (unpaired) electrons. The van der Waals surface area contributed by atoms with Crippen LogP contribution < -0.4 is 5.32 Å². The number of carbonyl (C=O) groups excluding carboxylic acids is 1. The number of carbonyl (C=O) groups is 1. The van der Waals surface area contributed by atoms with Crippen LogP contribution in [0.1, 0.15) is 5.56 Å². The molecule has 22 heavy (non-hydrogen) atoms. The fourth-order valence-electron chi connectivity index (χ4n) is 1.93. The van der Waals surface area contributed by atoms with Gasteiger partial charge in [-0.3, -0.25) is 5.32 Å². The quantitative estimate of drug-likeness (QED) is 0.764. The van der Waals surface area contributed by atoms with E-state index < -0.39 is 6.09 Å². The van der Waals surface area contributed by atoms with Gasteiger partial charge in [0.1, 0.15) is 6.61 Å². The Morgan fingerprint density at radius 2 is 1.95 bits per heavy atom. The molecule has 1 N–H and O–H groups in total. The lowest BCUT2D eigenvalue weighted by molar-refractivity contribution is 0.155. The van der Waals surface area contributed by atoms with Gasteiger partial charge in [-0.2, -0.15) is 0 Å². The summed E-state index contributed by atoms with van der Waals surface area (Å²) >= 11 is 3.43. The fourth-order valence-corrected chi connectivity index (χ4v) is 2.39. The van der Waals surface area contributed by atoms with Gasteiger partial charge in [0, 0.05) is 16.1 Å². The third-order valence-electron chi connectivity index (χ3n) is 3.00. The standard InChI is InChI=1S/C16H12BrN3O2/c17-13-7-4-8-14-12(13)9-18-15(19-14)20-16(21)22-10-11-5-2-1-3-6-11/h1-9H,10H2,(H,18,19,20,21). The van der Waals surface area contributed by atoms with Gasteiger partial charge in [0.25, 0.3) is 0 Å². The summed E-state index contributed by atoms with van der Waals surface area (Å²) in [6.07, 6.45) is 1.07. The molecule has 3 rings (SSSR count). The van der Waals surface area contributed by atoms with E-state index in [-0.39, 0.29) is 12.6 Å². The van der Waals surface area contributed by atoms with E-state index in [1.807, 2.05) is 48.5 Å². The number of fused-ring (bicyclic) bond motifs is 1. The first kappa shape index (κ1) is 14.5. The van der Waals surface area contributed by atoms with E-state index in [2.05, 4.69) is 31.2 Å². The maximum absolute atomic E-state index is 11.8. The highest BCUT2D eigenvalue weighted by atomic mass is 79.9. The minimum absolute atomic E-state index is 0.200. The second kappa shape index (κ2) is 6.53. The molecule has 0 atom stereocenters. The van der Waals surface area contributed by atoms with E-state index in [4.69, 9.17) is 4.74 Å². The lowest BCUT2D eigenvalue weighted by atomic mass is 10.2. The third-order valence-corrected chi connectivity index (χ3v) is 3.69. The molecule has 0 unspecified atom stereocenters. The van der Waals surface area contributed by atoms with E-state index in [1.165, 1.54) is 0 Å². The van der Waals surface area contributed by atoms with Gasteiger partial charge in [-0.05, 0) is 17.7 Å². The zero-order valence-electron chi connectivity index (χ0n) is 11.5. The van der Waals surface area contributed by atoms with E-state index in [1.54, 1.807) is 6.20 Å². The smallest absolute Gasteiger partial charge is 0.414 e. The summed E-state index contributed by atoms with van der Waals surface area (Å²) in [5.41, 5.74) is 1.66. The van der Waals surface area contributed by atoms with Crippen LogP contribution in [0.2, 0.25) is 0 Å². The second-order valence-electron chi connectivity index (χ2n) is 4.55. The van der Waals surface area contributed by atoms with Gasteiger partial charge in [0.2, 0.25) is 5.95 Å². The largest absolute Gasteiger partial charge is 0.444 e. The molecule has 1 heterocycles. The van der Waals surface area contributed by atoms with Crippen molar-refractivity contribution in [3.8, 4) is 0 Å². The highest BCUT2D eigenvalue weighted by molar-refractivity contribution is 9.10. The normalized spacial score (nSPS) is 10.4. The number of amides is 1. The molecule has 6 heteroatoms. The van der Waals surface area contributed by atoms with Crippen molar-refractivity contribution in [2.45, 2.75) is 6.61 Å². The zero-order valence-corrected chi connectivity index (χ0v) is 13.1. The Balaban J connectivity index is 1.66. The highest BCUT2D eigenvalue weighted by Gasteiger charge is 2.07. The van der Waals surface area contributed by atoms with Gasteiger partial charge in [-0.15, -0.1) is 0 Å². The molecule has 0 saturated carbocycles. The molecule has 5 nitrogen and oxygen atoms in total. The van der Waals surface area contributed by atoms with Crippen LogP contribution >= 0.6 is 15.9 Å². The first-order valence-electron chi connectivity index (χ1n) is 6.61. The van der Waals surface area contributed by atoms with Gasteiger partial charge in [-0.25, -0.2) is 14.8 Å². The van der Waals surface area contributed by atoms with Gasteiger partial charge < -0.3 is 4.74 Å². The molecule has 110 valence electrons. The minimum atomic E-state index is -0.585. The molecule has 0 aliphatic rings. The number of aromatic nitrogens is 2. The number of rotatable bonds is 3. The molecular weight excluding hydrogens is 346 g/mol. The average Bonchev–Trinajstić information content (AvgIpc) is 2.54. The van der Waals surface area contributed by atoms with Crippen molar-refractivity contribution >= 4 is 38.9 Å². The first-order valence-corrected chi connectivity index (χ1v) is 7.40. The fraction of sp³-hybridized carbons (Fsp3) is 0.0625. The van der Waals surface area contributed by atoms with Crippen molar-refractivity contribution < 1.29 is 9.53 Å². The molecule has 0 aliphatic carbocycles. The van der Waals surface area contributed by atoms with Gasteiger partial charge in [0.15, 0.2) is 0 Å². The van der Waals surface area contributed by atoms with E-state index in [0.29, 0.717) is 0 Å². The number of anilines is 1. The van der Waals surface area contributed by atoms with Crippen molar-refractivity contribution in [3.63, 3.8) is 0 Å². The van der Waals surface area contributed by atoms with Crippen LogP contribution in [0.15, 0.2) is 59.2 Å². The van der Waals surface area contributed by atoms with Crippen molar-refractivity contribution in [2.24, 2.45) is 0 Å². The summed E-state index contributed by atoms with van der Waals surface area (Å²) in [6.45, 7) is 0.200. The summed E-state index contributed by atoms with van der Waals surface area (Å²) in [5.74, 6) is 0.212. The number of nitrogens with zero attached hydrogens (tertiary/aromatic N) is 2. The molecule has 1 aromatic heterocycles. The Morgan fingerprint density at radius 1 is 1.14 bits per heavy atom. The zero-order chi connectivity index (χ0) is 15.4. The Hall–Kier alpha value is -2.47. The maximum Gasteiger partial charge on any atom is 0.414 e. The van der Waals surface area contributed by atoms with Crippen LogP contribution in [0.5, 0.6) is 0 Å². The second-order valence-corrected chi connectivity index (χ2v) is 5.41. The van der Waals surface area contributed by atoms with E-state index >= 15 is 0 Å². The first-order chi connectivity index (χ1) is 10.7. The molecule has 0 fully saturated rings. The molecule has 3 aromatic rings. The number of benzene rings is 2. The summed E-state index contributed by atoms with van der Waals surface area (Å²) in [6, 6.07) is 15.1. The lowest BCUT2D eigenvalue weighted by Gasteiger charge is -2.07. The SMILES string of the molecule is O=C(Nc1ncc2c(Br)cccc2n1)OCc1ccccc1. The van der Waals surface area contributed by atoms with Gasteiger partial charge in [0.05, 0.1) is 5.52 Å². The molecular formula is C16H12BrN3O2. The topological polar surface area (TPSA) is 64.1 Å². The number of hydrogen-bond donors (Lipinski definition) is 1. The summed E-state index contributed by atoms with van der Waals surface area (Å²) in [4.78, 5) is 20.2. The predicted molar refractivity (Wildman–Crippen MR) is 87.5 cm³/mol. The maximum atomic E-state index is 11.8. The summed E-state index contributed by atoms with van der Waals surface area (Å²) < 4.78 is 6.03. The number of halogens is 1. The molecule has 0 aliphatic heterocycles. The van der Waals surface area contributed by atoms with Crippen molar-refractivity contribution in [3.05, 3.63) is 64.8 Å².